The van der Waals surface area contributed by atoms with E-state index in [1.54, 1.807) is 0 Å². The monoisotopic (exact) mass is 749 g/mol. The Morgan fingerprint density at radius 2 is 0.962 bits per heavy atom. The quantitative estimate of drug-likeness (QED) is 0.0377. The Labute approximate surface area is 326 Å². The fourth-order valence-electron chi connectivity index (χ4n) is 6.19. The molecule has 0 heterocycles. The molecule has 0 aromatic heterocycles. The van der Waals surface area contributed by atoms with Gasteiger partial charge in [-0.15, -0.1) is 0 Å². The van der Waals surface area contributed by atoms with E-state index in [-0.39, 0.29) is 25.6 Å². The lowest BCUT2D eigenvalue weighted by Gasteiger charge is -2.26. The van der Waals surface area contributed by atoms with Crippen molar-refractivity contribution in [1.29, 1.82) is 0 Å². The summed E-state index contributed by atoms with van der Waals surface area (Å²) in [6, 6.07) is 0. The SMILES string of the molecule is CCCCCCCC/C=C\CCCCCCCC(=O)OCC(OCCN(C)CC)C(OC(=O)CCCCCCC/C=C\CCCCCCCC)C(N)=O. The molecular formula is C45H84N2O6. The summed E-state index contributed by atoms with van der Waals surface area (Å²) in [6.45, 7) is 8.10. The molecule has 0 bridgehead atoms. The molecule has 2 atom stereocenters. The molecule has 0 aromatic carbocycles. The molecule has 8 heteroatoms. The van der Waals surface area contributed by atoms with Crippen LogP contribution in [0.2, 0.25) is 0 Å². The molecule has 53 heavy (non-hydrogen) atoms. The summed E-state index contributed by atoms with van der Waals surface area (Å²) in [4.78, 5) is 39.8. The van der Waals surface area contributed by atoms with Gasteiger partial charge in [0.25, 0.3) is 5.91 Å². The van der Waals surface area contributed by atoms with Gasteiger partial charge in [-0.25, -0.2) is 0 Å². The van der Waals surface area contributed by atoms with Crippen LogP contribution in [-0.2, 0) is 28.6 Å². The largest absolute Gasteiger partial charge is 0.463 e. The molecule has 0 fully saturated rings. The molecule has 0 aliphatic rings. The van der Waals surface area contributed by atoms with Gasteiger partial charge < -0.3 is 24.8 Å². The van der Waals surface area contributed by atoms with Gasteiger partial charge in [-0.1, -0.05) is 148 Å². The number of nitrogens with two attached hydrogens (primary N) is 1. The number of hydrogen-bond donors (Lipinski definition) is 1. The van der Waals surface area contributed by atoms with E-state index in [0.29, 0.717) is 19.4 Å². The number of carbonyl (C=O) groups excluding carboxylic acids is 3. The molecular weight excluding hydrogens is 665 g/mol. The van der Waals surface area contributed by atoms with Gasteiger partial charge in [0.1, 0.15) is 12.7 Å². The first kappa shape index (κ1) is 50.8. The maximum atomic E-state index is 12.7. The number of nitrogens with zero attached hydrogens (tertiary/aromatic N) is 1. The standard InChI is InChI=1S/C45H84N2O6/c1-5-8-10-12-14-16-18-20-22-24-26-28-30-32-34-36-42(48)52-40-41(51-39-38-47(4)7-3)44(45(46)50)53-43(49)37-35-33-31-29-27-25-23-21-19-17-15-13-11-9-6-2/h20-23,41,44H,5-19,24-40H2,1-4H3,(H2,46,50)/b22-20-,23-21-. The zero-order valence-electron chi connectivity index (χ0n) is 35.1. The molecule has 8 nitrogen and oxygen atoms in total. The smallest absolute Gasteiger partial charge is 0.306 e. The van der Waals surface area contributed by atoms with Crippen LogP contribution in [-0.4, -0.2) is 68.3 Å². The van der Waals surface area contributed by atoms with Crippen LogP contribution in [0.1, 0.15) is 201 Å². The number of likely N-dealkylation sites (N-methyl/N-ethyl adjacent to an activating group) is 1. The highest BCUT2D eigenvalue weighted by atomic mass is 16.6. The fourth-order valence-corrected chi connectivity index (χ4v) is 6.19. The number of unbranched alkanes of at least 4 members (excludes halogenated alkanes) is 22. The second kappa shape index (κ2) is 39.5. The summed E-state index contributed by atoms with van der Waals surface area (Å²) in [5.41, 5.74) is 5.68. The Morgan fingerprint density at radius 1 is 0.566 bits per heavy atom. The molecule has 310 valence electrons. The maximum Gasteiger partial charge on any atom is 0.306 e. The minimum atomic E-state index is -1.31. The van der Waals surface area contributed by atoms with Crippen molar-refractivity contribution in [2.45, 2.75) is 213 Å². The van der Waals surface area contributed by atoms with E-state index >= 15 is 0 Å². The first-order chi connectivity index (χ1) is 25.8. The van der Waals surface area contributed by atoms with Gasteiger partial charge in [-0.2, -0.15) is 0 Å². The van der Waals surface area contributed by atoms with Crippen LogP contribution in [0.4, 0.5) is 0 Å². The molecule has 2 N–H and O–H groups in total. The highest BCUT2D eigenvalue weighted by Gasteiger charge is 2.32. The van der Waals surface area contributed by atoms with Crippen molar-refractivity contribution in [1.82, 2.24) is 4.90 Å². The van der Waals surface area contributed by atoms with Gasteiger partial charge in [0.15, 0.2) is 0 Å². The lowest BCUT2D eigenvalue weighted by Crippen LogP contribution is -2.47. The van der Waals surface area contributed by atoms with E-state index in [4.69, 9.17) is 19.9 Å². The normalized spacial score (nSPS) is 12.9. The third-order valence-electron chi connectivity index (χ3n) is 9.92. The van der Waals surface area contributed by atoms with E-state index in [2.05, 4.69) is 43.1 Å². The van der Waals surface area contributed by atoms with Crippen molar-refractivity contribution >= 4 is 17.8 Å². The number of hydrogen-bond acceptors (Lipinski definition) is 7. The summed E-state index contributed by atoms with van der Waals surface area (Å²) in [5.74, 6) is -1.62. The van der Waals surface area contributed by atoms with Gasteiger partial charge >= 0.3 is 11.9 Å². The number of allylic oxidation sites excluding steroid dienone is 4. The predicted molar refractivity (Wildman–Crippen MR) is 222 cm³/mol. The zero-order valence-corrected chi connectivity index (χ0v) is 35.1. The van der Waals surface area contributed by atoms with Crippen LogP contribution < -0.4 is 5.73 Å². The fraction of sp³-hybridized carbons (Fsp3) is 0.844. The van der Waals surface area contributed by atoms with Crippen LogP contribution in [0.5, 0.6) is 0 Å². The Balaban J connectivity index is 4.37. The van der Waals surface area contributed by atoms with Crippen molar-refractivity contribution in [3.05, 3.63) is 24.3 Å². The number of primary amides is 1. The molecule has 0 aliphatic heterocycles. The van der Waals surface area contributed by atoms with E-state index in [0.717, 1.165) is 70.8 Å². The molecule has 2 unspecified atom stereocenters. The minimum Gasteiger partial charge on any atom is -0.463 e. The van der Waals surface area contributed by atoms with Gasteiger partial charge in [0.2, 0.25) is 6.10 Å². The van der Waals surface area contributed by atoms with Crippen LogP contribution in [0.15, 0.2) is 24.3 Å². The van der Waals surface area contributed by atoms with Crippen molar-refractivity contribution in [3.63, 3.8) is 0 Å². The number of rotatable bonds is 40. The lowest BCUT2D eigenvalue weighted by atomic mass is 10.1. The van der Waals surface area contributed by atoms with Gasteiger partial charge in [0.05, 0.1) is 6.61 Å². The van der Waals surface area contributed by atoms with Crippen LogP contribution in [0, 0.1) is 0 Å². The van der Waals surface area contributed by atoms with Crippen LogP contribution >= 0.6 is 0 Å². The average Bonchev–Trinajstić information content (AvgIpc) is 3.15. The summed E-state index contributed by atoms with van der Waals surface area (Å²) in [6.07, 6.45) is 38.3. The highest BCUT2D eigenvalue weighted by Crippen LogP contribution is 2.14. The molecule has 0 saturated heterocycles. The first-order valence-corrected chi connectivity index (χ1v) is 22.1. The predicted octanol–water partition coefficient (Wildman–Crippen LogP) is 11.3. The van der Waals surface area contributed by atoms with Crippen LogP contribution in [0.3, 0.4) is 0 Å². The lowest BCUT2D eigenvalue weighted by molar-refractivity contribution is -0.171. The Hall–Kier alpha value is -2.19. The third-order valence-corrected chi connectivity index (χ3v) is 9.92. The van der Waals surface area contributed by atoms with Crippen molar-refractivity contribution in [2.24, 2.45) is 5.73 Å². The van der Waals surface area contributed by atoms with Crippen molar-refractivity contribution in [3.8, 4) is 0 Å². The number of ether oxygens (including phenoxy) is 3. The Bertz CT molecular complexity index is 907. The molecule has 0 spiro atoms. The first-order valence-electron chi connectivity index (χ1n) is 22.1. The maximum absolute atomic E-state index is 12.7. The minimum absolute atomic E-state index is 0.186. The van der Waals surface area contributed by atoms with Crippen molar-refractivity contribution < 1.29 is 28.6 Å². The van der Waals surface area contributed by atoms with Gasteiger partial charge in [0, 0.05) is 19.4 Å². The van der Waals surface area contributed by atoms with E-state index < -0.39 is 24.1 Å². The Morgan fingerprint density at radius 3 is 1.38 bits per heavy atom. The number of amides is 1. The molecule has 1 amide bonds. The summed E-state index contributed by atoms with van der Waals surface area (Å²) >= 11 is 0. The zero-order chi connectivity index (χ0) is 39.0. The van der Waals surface area contributed by atoms with Gasteiger partial charge in [-0.05, 0) is 77.8 Å². The molecule has 0 radical (unpaired) electrons. The second-order valence-electron chi connectivity index (χ2n) is 15.0. The molecule has 0 rings (SSSR count). The molecule has 0 aromatic rings. The summed E-state index contributed by atoms with van der Waals surface area (Å²) in [7, 11) is 1.96. The second-order valence-corrected chi connectivity index (χ2v) is 15.0. The number of carbonyl (C=O) groups is 3. The van der Waals surface area contributed by atoms with E-state index in [1.807, 2.05) is 14.0 Å². The molecule has 0 saturated carbocycles. The molecule has 0 aliphatic carbocycles. The summed E-state index contributed by atoms with van der Waals surface area (Å²) in [5, 5.41) is 0. The highest BCUT2D eigenvalue weighted by molar-refractivity contribution is 5.83. The average molecular weight is 749 g/mol. The summed E-state index contributed by atoms with van der Waals surface area (Å²) < 4.78 is 17.0. The van der Waals surface area contributed by atoms with E-state index in [9.17, 15) is 14.4 Å². The van der Waals surface area contributed by atoms with Crippen molar-refractivity contribution in [2.75, 3.05) is 33.4 Å². The topological polar surface area (TPSA) is 108 Å². The number of esters is 2. The van der Waals surface area contributed by atoms with E-state index in [1.165, 1.54) is 96.3 Å². The third kappa shape index (κ3) is 35.3. The van der Waals surface area contributed by atoms with Gasteiger partial charge in [-0.3, -0.25) is 14.4 Å². The van der Waals surface area contributed by atoms with Crippen LogP contribution in [0.25, 0.3) is 0 Å². The Kier molecular flexibility index (Phi) is 37.9.